The van der Waals surface area contributed by atoms with Gasteiger partial charge >= 0.3 is 161 Å². The number of rotatable bonds is 5. The monoisotopic (exact) mass is 472 g/mol. The Morgan fingerprint density at radius 3 is 2.55 bits per heavy atom. The Morgan fingerprint density at radius 2 is 1.86 bits per heavy atom. The molecule has 11 heteroatoms. The molecule has 0 aliphatic carbocycles. The van der Waals surface area contributed by atoms with Crippen LogP contribution < -0.4 is 9.67 Å². The molecule has 146 valence electrons. The van der Waals surface area contributed by atoms with Crippen molar-refractivity contribution in [2.45, 2.75) is 0 Å². The van der Waals surface area contributed by atoms with Gasteiger partial charge in [-0.3, -0.25) is 10.1 Å². The Morgan fingerprint density at radius 1 is 1.10 bits per heavy atom. The van der Waals surface area contributed by atoms with Crippen molar-refractivity contribution in [3.63, 3.8) is 0 Å². The summed E-state index contributed by atoms with van der Waals surface area (Å²) in [6, 6.07) is 12.2. The third-order valence-electron chi connectivity index (χ3n) is 4.20. The Balaban J connectivity index is 1.76. The molecule has 0 radical (unpaired) electrons. The fourth-order valence-corrected chi connectivity index (χ4v) is 4.89. The average Bonchev–Trinajstić information content (AvgIpc) is 3.13. The van der Waals surface area contributed by atoms with Gasteiger partial charge in [-0.15, -0.1) is 0 Å². The summed E-state index contributed by atoms with van der Waals surface area (Å²) in [5.74, 6) is 0.493. The van der Waals surface area contributed by atoms with Crippen LogP contribution in [0.2, 0.25) is 0 Å². The van der Waals surface area contributed by atoms with Gasteiger partial charge in [0.2, 0.25) is 0 Å². The van der Waals surface area contributed by atoms with E-state index in [9.17, 15) is 22.0 Å². The fourth-order valence-electron chi connectivity index (χ4n) is 2.85. The zero-order valence-corrected chi connectivity index (χ0v) is 17.3. The first-order valence-corrected chi connectivity index (χ1v) is 12.5. The molecule has 4 rings (SSSR count). The number of aromatic nitrogens is 2. The molecule has 0 atom stereocenters. The van der Waals surface area contributed by atoms with Gasteiger partial charge in [-0.2, -0.15) is 0 Å². The third-order valence-corrected chi connectivity index (χ3v) is 7.13. The number of nitro groups is 1. The van der Waals surface area contributed by atoms with E-state index in [-0.39, 0.29) is 10.0 Å². The number of nitrogens with one attached hydrogen (secondary N) is 1. The summed E-state index contributed by atoms with van der Waals surface area (Å²) in [6.07, 6.45) is 1.41. The van der Waals surface area contributed by atoms with E-state index in [0.29, 0.717) is 27.3 Å². The molecule has 0 aliphatic heterocycles. The first kappa shape index (κ1) is 19.3. The molecule has 0 saturated heterocycles. The zero-order valence-electron chi connectivity index (χ0n) is 14.6. The van der Waals surface area contributed by atoms with Gasteiger partial charge in [-0.1, -0.05) is 0 Å². The van der Waals surface area contributed by atoms with Crippen molar-refractivity contribution in [2.24, 2.45) is 0 Å². The van der Waals surface area contributed by atoms with Crippen LogP contribution in [0.1, 0.15) is 0 Å². The average molecular weight is 472 g/mol. The molecule has 0 amide bonds. The molecule has 0 unspecified atom stereocenters. The summed E-state index contributed by atoms with van der Waals surface area (Å²) in [5.41, 5.74) is 2.01. The minimum atomic E-state index is -4.95. The van der Waals surface area contributed by atoms with Crippen molar-refractivity contribution in [2.75, 3.05) is 5.32 Å². The van der Waals surface area contributed by atoms with Crippen LogP contribution in [0.15, 0.2) is 60.2 Å². The van der Waals surface area contributed by atoms with Crippen LogP contribution in [0.4, 0.5) is 17.2 Å². The molecule has 0 spiro atoms. The predicted molar refractivity (Wildman–Crippen MR) is 110 cm³/mol. The molecule has 0 bridgehead atoms. The van der Waals surface area contributed by atoms with Gasteiger partial charge in [0, 0.05) is 0 Å². The van der Waals surface area contributed by atoms with Crippen LogP contribution in [0.5, 0.6) is 0 Å². The Bertz CT molecular complexity index is 1270. The van der Waals surface area contributed by atoms with E-state index in [0.717, 1.165) is 5.56 Å². The number of thiophene rings is 1. The van der Waals surface area contributed by atoms with E-state index in [4.69, 9.17) is 0 Å². The van der Waals surface area contributed by atoms with Crippen LogP contribution in [-0.2, 0) is 3.74 Å². The first-order valence-electron chi connectivity index (χ1n) is 8.23. The maximum absolute atomic E-state index is 11.4. The van der Waals surface area contributed by atoms with Crippen molar-refractivity contribution in [1.29, 1.82) is 0 Å². The van der Waals surface area contributed by atoms with Crippen LogP contribution >= 0.6 is 11.3 Å². The van der Waals surface area contributed by atoms with E-state index in [1.54, 1.807) is 24.3 Å². The SMILES string of the molecule is O=[N+]([O-])c1cccc(-c2csc3ncnc(Nc4ccc([As](=O)(O)O)cc4)c23)c1. The van der Waals surface area contributed by atoms with Gasteiger partial charge < -0.3 is 0 Å². The molecule has 0 aliphatic rings. The van der Waals surface area contributed by atoms with Crippen molar-refractivity contribution in [3.05, 3.63) is 70.4 Å². The Kier molecular flexibility index (Phi) is 4.93. The van der Waals surface area contributed by atoms with Crippen LogP contribution in [-0.4, -0.2) is 37.3 Å². The quantitative estimate of drug-likeness (QED) is 0.229. The molecule has 0 fully saturated rings. The molecule has 29 heavy (non-hydrogen) atoms. The van der Waals surface area contributed by atoms with Gasteiger partial charge in [0.05, 0.1) is 0 Å². The Labute approximate surface area is 170 Å². The molecule has 2 heterocycles. The molecule has 3 N–H and O–H groups in total. The van der Waals surface area contributed by atoms with Gasteiger partial charge in [0.15, 0.2) is 0 Å². The van der Waals surface area contributed by atoms with E-state index in [1.807, 2.05) is 5.38 Å². The molecule has 2 aromatic heterocycles. The second kappa shape index (κ2) is 7.41. The zero-order chi connectivity index (χ0) is 20.6. The van der Waals surface area contributed by atoms with Crippen LogP contribution in [0.25, 0.3) is 21.3 Å². The second-order valence-electron chi connectivity index (χ2n) is 6.08. The number of anilines is 2. The fraction of sp³-hybridized carbons (Fsp3) is 0. The number of hydrogen-bond donors (Lipinski definition) is 3. The van der Waals surface area contributed by atoms with Gasteiger partial charge in [0.25, 0.3) is 0 Å². The number of nitrogens with zero attached hydrogens (tertiary/aromatic N) is 3. The third kappa shape index (κ3) is 3.92. The Hall–Kier alpha value is -3.04. The molecule has 0 saturated carbocycles. The standard InChI is InChI=1S/C18H13AsN4O5S/c24-19(25,26)12-4-6-13(7-5-12)22-17-16-15(9-29-18(16)21-10-20-17)11-2-1-3-14(8-11)23(27)28/h1-10H,(H,20,21,22)(H2,24,25,26). The summed E-state index contributed by atoms with van der Waals surface area (Å²) in [6.45, 7) is 0. The van der Waals surface area contributed by atoms with Crippen LogP contribution in [0.3, 0.4) is 0 Å². The summed E-state index contributed by atoms with van der Waals surface area (Å²) in [4.78, 5) is 19.9. The van der Waals surface area contributed by atoms with Crippen molar-refractivity contribution >= 4 is 57.3 Å². The minimum absolute atomic E-state index is 0.0111. The molecule has 9 nitrogen and oxygen atoms in total. The predicted octanol–water partition coefficient (Wildman–Crippen LogP) is 2.57. The summed E-state index contributed by atoms with van der Waals surface area (Å²) in [5, 5.41) is 16.8. The van der Waals surface area contributed by atoms with Gasteiger partial charge in [0.1, 0.15) is 0 Å². The van der Waals surface area contributed by atoms with E-state index >= 15 is 0 Å². The normalized spacial score (nSPS) is 11.5. The van der Waals surface area contributed by atoms with E-state index in [2.05, 4.69) is 15.3 Å². The van der Waals surface area contributed by atoms with E-state index < -0.39 is 19.1 Å². The van der Waals surface area contributed by atoms with Gasteiger partial charge in [-0.25, -0.2) is 0 Å². The van der Waals surface area contributed by atoms with Crippen LogP contribution in [0, 0.1) is 10.1 Å². The van der Waals surface area contributed by atoms with Crippen molar-refractivity contribution in [3.8, 4) is 11.1 Å². The maximum atomic E-state index is 11.4. The van der Waals surface area contributed by atoms with E-state index in [1.165, 1.54) is 41.9 Å². The topological polar surface area (TPSA) is 138 Å². The van der Waals surface area contributed by atoms with Crippen molar-refractivity contribution < 1.29 is 16.9 Å². The second-order valence-corrected chi connectivity index (χ2v) is 10.3. The first-order chi connectivity index (χ1) is 13.8. The molecule has 4 aromatic rings. The summed E-state index contributed by atoms with van der Waals surface area (Å²) < 4.78 is 30.0. The molecular weight excluding hydrogens is 459 g/mol. The molecular formula is C18H13AsN4O5S. The molecule has 2 aromatic carbocycles. The summed E-state index contributed by atoms with van der Waals surface area (Å²) in [7, 11) is 0. The number of benzene rings is 2. The summed E-state index contributed by atoms with van der Waals surface area (Å²) >= 11 is -3.56. The number of non-ortho nitro benzene ring substituents is 1. The number of nitro benzene ring substituents is 1. The van der Waals surface area contributed by atoms with Gasteiger partial charge in [-0.05, 0) is 0 Å². The number of hydrogen-bond acceptors (Lipinski definition) is 7. The number of fused-ring (bicyclic) bond motifs is 1. The van der Waals surface area contributed by atoms with Crippen molar-refractivity contribution in [1.82, 2.24) is 9.97 Å².